The molecule has 1 aromatic carbocycles. The van der Waals surface area contributed by atoms with E-state index in [1.807, 2.05) is 39.8 Å². The van der Waals surface area contributed by atoms with Gasteiger partial charge in [0.1, 0.15) is 0 Å². The van der Waals surface area contributed by atoms with Crippen LogP contribution >= 0.6 is 0 Å². The van der Waals surface area contributed by atoms with E-state index in [0.717, 1.165) is 17.5 Å². The quantitative estimate of drug-likeness (QED) is 0.780. The van der Waals surface area contributed by atoms with Gasteiger partial charge < -0.3 is 0 Å². The molecule has 2 nitrogen and oxygen atoms in total. The highest BCUT2D eigenvalue weighted by Gasteiger charge is 2.10. The number of rotatable bonds is 2. The van der Waals surface area contributed by atoms with Gasteiger partial charge in [0.2, 0.25) is 0 Å². The maximum Gasteiger partial charge on any atom is 0.175 e. The molecule has 1 aromatic rings. The van der Waals surface area contributed by atoms with Gasteiger partial charge in [0.05, 0.1) is 4.90 Å². The van der Waals surface area contributed by atoms with Crippen LogP contribution < -0.4 is 0 Å². The summed E-state index contributed by atoms with van der Waals surface area (Å²) < 4.78 is 22.6. The minimum Gasteiger partial charge on any atom is -0.224 e. The molecule has 0 N–H and O–H groups in total. The second-order valence-corrected chi connectivity index (χ2v) is 5.21. The van der Waals surface area contributed by atoms with Crippen molar-refractivity contribution in [2.75, 3.05) is 6.26 Å². The van der Waals surface area contributed by atoms with Crippen LogP contribution in [-0.2, 0) is 16.3 Å². The lowest BCUT2D eigenvalue weighted by atomic mass is 10.1. The molecule has 0 atom stereocenters. The summed E-state index contributed by atoms with van der Waals surface area (Å²) in [4.78, 5) is 0.451. The zero-order valence-electron chi connectivity index (χ0n) is 10.2. The third-order valence-corrected chi connectivity index (χ3v) is 3.30. The fourth-order valence-corrected chi connectivity index (χ4v) is 2.28. The third kappa shape index (κ3) is 4.04. The highest BCUT2D eigenvalue weighted by atomic mass is 32.2. The van der Waals surface area contributed by atoms with E-state index in [-0.39, 0.29) is 0 Å². The summed E-state index contributed by atoms with van der Waals surface area (Å²) in [7, 11) is -3.07. The van der Waals surface area contributed by atoms with Crippen LogP contribution in [0.25, 0.3) is 0 Å². The van der Waals surface area contributed by atoms with Gasteiger partial charge in [-0.05, 0) is 30.5 Å². The van der Waals surface area contributed by atoms with Crippen LogP contribution in [0.4, 0.5) is 0 Å². The average Bonchev–Trinajstić information content (AvgIpc) is 2.20. The van der Waals surface area contributed by atoms with Crippen molar-refractivity contribution in [3.05, 3.63) is 29.3 Å². The lowest BCUT2D eigenvalue weighted by molar-refractivity contribution is 0.601. The first-order chi connectivity index (χ1) is 6.95. The van der Waals surface area contributed by atoms with Gasteiger partial charge in [-0.1, -0.05) is 32.9 Å². The van der Waals surface area contributed by atoms with E-state index in [1.165, 1.54) is 6.26 Å². The van der Waals surface area contributed by atoms with Gasteiger partial charge in [0.25, 0.3) is 0 Å². The van der Waals surface area contributed by atoms with Crippen LogP contribution in [0.2, 0.25) is 0 Å². The van der Waals surface area contributed by atoms with E-state index in [0.29, 0.717) is 4.90 Å². The minimum absolute atomic E-state index is 0.451. The largest absolute Gasteiger partial charge is 0.224 e. The van der Waals surface area contributed by atoms with Crippen molar-refractivity contribution in [1.29, 1.82) is 0 Å². The molecule has 0 amide bonds. The Labute approximate surface area is 93.3 Å². The Morgan fingerprint density at radius 1 is 1.20 bits per heavy atom. The summed E-state index contributed by atoms with van der Waals surface area (Å²) in [6.07, 6.45) is 2.11. The highest BCUT2D eigenvalue weighted by Crippen LogP contribution is 2.16. The highest BCUT2D eigenvalue weighted by molar-refractivity contribution is 7.90. The smallest absolute Gasteiger partial charge is 0.175 e. The van der Waals surface area contributed by atoms with Crippen molar-refractivity contribution >= 4 is 9.84 Å². The van der Waals surface area contributed by atoms with Gasteiger partial charge in [-0.15, -0.1) is 0 Å². The van der Waals surface area contributed by atoms with Crippen molar-refractivity contribution in [2.45, 2.75) is 39.0 Å². The van der Waals surface area contributed by atoms with Crippen molar-refractivity contribution in [1.82, 2.24) is 0 Å². The molecular formula is C12H20O2S. The van der Waals surface area contributed by atoms with E-state index < -0.39 is 9.84 Å². The molecule has 0 radical (unpaired) electrons. The molecular weight excluding hydrogens is 208 g/mol. The molecule has 3 heteroatoms. The summed E-state index contributed by atoms with van der Waals surface area (Å²) in [6.45, 7) is 7.83. The molecule has 0 fully saturated rings. The summed E-state index contributed by atoms with van der Waals surface area (Å²) in [5, 5.41) is 0. The van der Waals surface area contributed by atoms with Gasteiger partial charge in [0, 0.05) is 6.26 Å². The van der Waals surface area contributed by atoms with Crippen LogP contribution in [0, 0.1) is 6.92 Å². The minimum atomic E-state index is -3.07. The fraction of sp³-hybridized carbons (Fsp3) is 0.500. The molecule has 1 rings (SSSR count). The van der Waals surface area contributed by atoms with E-state index >= 15 is 0 Å². The lowest BCUT2D eigenvalue weighted by Gasteiger charge is -2.05. The van der Waals surface area contributed by atoms with E-state index in [2.05, 4.69) is 0 Å². The molecule has 0 spiro atoms. The third-order valence-electron chi connectivity index (χ3n) is 2.06. The Kier molecular flexibility index (Phi) is 5.58. The number of hydrogen-bond donors (Lipinski definition) is 0. The van der Waals surface area contributed by atoms with Crippen molar-refractivity contribution in [3.8, 4) is 0 Å². The predicted octanol–water partition coefficient (Wildman–Crippen LogP) is 2.99. The maximum atomic E-state index is 11.3. The zero-order valence-corrected chi connectivity index (χ0v) is 11.0. The standard InChI is InChI=1S/C10H14O2S.C2H6/c1-4-9-6-5-8(2)10(7-9)13(3,11)12;1-2/h5-7H,4H2,1-3H3;1-2H3. The first-order valence-corrected chi connectivity index (χ1v) is 7.14. The van der Waals surface area contributed by atoms with Gasteiger partial charge in [-0.25, -0.2) is 8.42 Å². The Morgan fingerprint density at radius 2 is 1.73 bits per heavy atom. The molecule has 0 aromatic heterocycles. The predicted molar refractivity (Wildman–Crippen MR) is 65.0 cm³/mol. The molecule has 0 aliphatic heterocycles. The Hall–Kier alpha value is -0.830. The molecule has 0 bridgehead atoms. The number of aryl methyl sites for hydroxylation is 2. The fourth-order valence-electron chi connectivity index (χ4n) is 1.26. The summed E-state index contributed by atoms with van der Waals surface area (Å²) in [5.74, 6) is 0. The number of hydrogen-bond acceptors (Lipinski definition) is 2. The molecule has 0 saturated carbocycles. The van der Waals surface area contributed by atoms with Gasteiger partial charge in [-0.3, -0.25) is 0 Å². The monoisotopic (exact) mass is 228 g/mol. The Balaban J connectivity index is 0.000000921. The van der Waals surface area contributed by atoms with Gasteiger partial charge in [-0.2, -0.15) is 0 Å². The van der Waals surface area contributed by atoms with Crippen LogP contribution in [0.15, 0.2) is 23.1 Å². The number of sulfone groups is 1. The Bertz CT molecular complexity index is 406. The normalized spacial score (nSPS) is 10.5. The van der Waals surface area contributed by atoms with Crippen LogP contribution in [-0.4, -0.2) is 14.7 Å². The van der Waals surface area contributed by atoms with Crippen LogP contribution in [0.5, 0.6) is 0 Å². The van der Waals surface area contributed by atoms with Gasteiger partial charge in [0.15, 0.2) is 9.84 Å². The topological polar surface area (TPSA) is 34.1 Å². The SMILES string of the molecule is CC.CCc1ccc(C)c(S(C)(=O)=O)c1. The van der Waals surface area contributed by atoms with E-state index in [9.17, 15) is 8.42 Å². The second-order valence-electron chi connectivity index (χ2n) is 3.23. The number of benzene rings is 1. The Morgan fingerprint density at radius 3 is 2.13 bits per heavy atom. The maximum absolute atomic E-state index is 11.3. The second kappa shape index (κ2) is 5.91. The van der Waals surface area contributed by atoms with Crippen LogP contribution in [0.1, 0.15) is 31.9 Å². The molecule has 0 aliphatic carbocycles. The van der Waals surface area contributed by atoms with Crippen molar-refractivity contribution in [2.24, 2.45) is 0 Å². The first kappa shape index (κ1) is 14.2. The molecule has 0 unspecified atom stereocenters. The van der Waals surface area contributed by atoms with Crippen molar-refractivity contribution < 1.29 is 8.42 Å². The summed E-state index contributed by atoms with van der Waals surface area (Å²) in [6, 6.07) is 5.57. The molecule has 86 valence electrons. The molecule has 0 heterocycles. The molecule has 15 heavy (non-hydrogen) atoms. The summed E-state index contributed by atoms with van der Waals surface area (Å²) in [5.41, 5.74) is 1.88. The van der Waals surface area contributed by atoms with E-state index in [1.54, 1.807) is 6.07 Å². The average molecular weight is 228 g/mol. The van der Waals surface area contributed by atoms with E-state index in [4.69, 9.17) is 0 Å². The summed E-state index contributed by atoms with van der Waals surface area (Å²) >= 11 is 0. The van der Waals surface area contributed by atoms with Gasteiger partial charge >= 0.3 is 0 Å². The lowest BCUT2D eigenvalue weighted by Crippen LogP contribution is -2.00. The molecule has 0 aliphatic rings. The molecule has 0 saturated heterocycles. The first-order valence-electron chi connectivity index (χ1n) is 5.24. The van der Waals surface area contributed by atoms with Crippen LogP contribution in [0.3, 0.4) is 0 Å². The zero-order chi connectivity index (χ0) is 12.1. The van der Waals surface area contributed by atoms with Crippen molar-refractivity contribution in [3.63, 3.8) is 0 Å².